The van der Waals surface area contributed by atoms with E-state index < -0.39 is 5.97 Å². The number of hydrogen-bond donors (Lipinski definition) is 1. The first kappa shape index (κ1) is 14.0. The van der Waals surface area contributed by atoms with E-state index in [9.17, 15) is 4.79 Å². The van der Waals surface area contributed by atoms with Crippen LogP contribution in [0.3, 0.4) is 0 Å². The number of rotatable bonds is 4. The van der Waals surface area contributed by atoms with Gasteiger partial charge in [0.25, 0.3) is 0 Å². The van der Waals surface area contributed by atoms with Crippen molar-refractivity contribution < 1.29 is 14.6 Å². The molecule has 0 bridgehead atoms. The average molecular weight is 285 g/mol. The fourth-order valence-electron chi connectivity index (χ4n) is 2.91. The zero-order valence-corrected chi connectivity index (χ0v) is 11.9. The SMILES string of the molecule is O=C(O)CC1CN(Cc2cccc3ccccc23)CCO1. The van der Waals surface area contributed by atoms with Crippen molar-refractivity contribution in [1.82, 2.24) is 4.90 Å². The molecule has 2 aromatic carbocycles. The van der Waals surface area contributed by atoms with E-state index in [0.29, 0.717) is 13.2 Å². The molecule has 2 aromatic rings. The van der Waals surface area contributed by atoms with E-state index in [0.717, 1.165) is 13.1 Å². The molecule has 1 atom stereocenters. The molecule has 4 heteroatoms. The first-order valence-electron chi connectivity index (χ1n) is 7.25. The molecular formula is C17H19NO3. The maximum absolute atomic E-state index is 10.8. The van der Waals surface area contributed by atoms with Gasteiger partial charge in [0.05, 0.1) is 19.1 Å². The number of nitrogens with zero attached hydrogens (tertiary/aromatic N) is 1. The van der Waals surface area contributed by atoms with E-state index in [-0.39, 0.29) is 12.5 Å². The Morgan fingerprint density at radius 2 is 2.05 bits per heavy atom. The second-order valence-electron chi connectivity index (χ2n) is 5.46. The highest BCUT2D eigenvalue weighted by molar-refractivity contribution is 5.85. The van der Waals surface area contributed by atoms with Gasteiger partial charge in [-0.15, -0.1) is 0 Å². The highest BCUT2D eigenvalue weighted by Gasteiger charge is 2.22. The molecule has 21 heavy (non-hydrogen) atoms. The van der Waals surface area contributed by atoms with Gasteiger partial charge in [-0.1, -0.05) is 42.5 Å². The molecule has 1 heterocycles. The predicted molar refractivity (Wildman–Crippen MR) is 81.2 cm³/mol. The van der Waals surface area contributed by atoms with Crippen LogP contribution in [0, 0.1) is 0 Å². The number of carboxylic acid groups (broad SMARTS) is 1. The summed E-state index contributed by atoms with van der Waals surface area (Å²) >= 11 is 0. The van der Waals surface area contributed by atoms with Crippen LogP contribution >= 0.6 is 0 Å². The van der Waals surface area contributed by atoms with Crippen LogP contribution in [0.15, 0.2) is 42.5 Å². The van der Waals surface area contributed by atoms with Crippen LogP contribution in [0.25, 0.3) is 10.8 Å². The summed E-state index contributed by atoms with van der Waals surface area (Å²) in [7, 11) is 0. The summed E-state index contributed by atoms with van der Waals surface area (Å²) in [5, 5.41) is 11.4. The number of carbonyl (C=O) groups is 1. The number of carboxylic acids is 1. The van der Waals surface area contributed by atoms with Crippen LogP contribution < -0.4 is 0 Å². The van der Waals surface area contributed by atoms with Crippen LogP contribution in [-0.2, 0) is 16.1 Å². The quantitative estimate of drug-likeness (QED) is 0.938. The minimum Gasteiger partial charge on any atom is -0.481 e. The Morgan fingerprint density at radius 1 is 1.24 bits per heavy atom. The summed E-state index contributed by atoms with van der Waals surface area (Å²) < 4.78 is 5.52. The average Bonchev–Trinajstić information content (AvgIpc) is 2.47. The second-order valence-corrected chi connectivity index (χ2v) is 5.46. The van der Waals surface area contributed by atoms with Gasteiger partial charge in [0, 0.05) is 19.6 Å². The molecule has 1 aliphatic heterocycles. The molecule has 1 fully saturated rings. The van der Waals surface area contributed by atoms with Crippen LogP contribution in [-0.4, -0.2) is 41.8 Å². The van der Waals surface area contributed by atoms with Crippen LogP contribution in [0.1, 0.15) is 12.0 Å². The van der Waals surface area contributed by atoms with Gasteiger partial charge in [-0.25, -0.2) is 0 Å². The Balaban J connectivity index is 1.74. The van der Waals surface area contributed by atoms with Crippen molar-refractivity contribution in [2.75, 3.05) is 19.7 Å². The van der Waals surface area contributed by atoms with Crippen molar-refractivity contribution in [1.29, 1.82) is 0 Å². The Labute approximate surface area is 123 Å². The molecule has 1 saturated heterocycles. The zero-order valence-electron chi connectivity index (χ0n) is 11.9. The molecule has 1 N–H and O–H groups in total. The maximum atomic E-state index is 10.8. The molecule has 1 aliphatic rings. The molecule has 3 rings (SSSR count). The summed E-state index contributed by atoms with van der Waals surface area (Å²) in [5.74, 6) is -0.799. The summed E-state index contributed by atoms with van der Waals surface area (Å²) in [5.41, 5.74) is 1.28. The molecule has 0 aromatic heterocycles. The van der Waals surface area contributed by atoms with Crippen molar-refractivity contribution in [2.24, 2.45) is 0 Å². The van der Waals surface area contributed by atoms with E-state index >= 15 is 0 Å². The lowest BCUT2D eigenvalue weighted by molar-refractivity contribution is -0.142. The monoisotopic (exact) mass is 285 g/mol. The lowest BCUT2D eigenvalue weighted by Crippen LogP contribution is -2.42. The highest BCUT2D eigenvalue weighted by Crippen LogP contribution is 2.21. The van der Waals surface area contributed by atoms with E-state index in [1.54, 1.807) is 0 Å². The largest absolute Gasteiger partial charge is 0.481 e. The van der Waals surface area contributed by atoms with Gasteiger partial charge in [-0.2, -0.15) is 0 Å². The van der Waals surface area contributed by atoms with Crippen molar-refractivity contribution in [3.05, 3.63) is 48.0 Å². The molecule has 1 unspecified atom stereocenters. The third-order valence-corrected chi connectivity index (χ3v) is 3.90. The van der Waals surface area contributed by atoms with Gasteiger partial charge in [0.1, 0.15) is 0 Å². The molecule has 0 radical (unpaired) electrons. The van der Waals surface area contributed by atoms with E-state index in [1.807, 2.05) is 6.07 Å². The zero-order chi connectivity index (χ0) is 14.7. The van der Waals surface area contributed by atoms with Crippen LogP contribution in [0.4, 0.5) is 0 Å². The highest BCUT2D eigenvalue weighted by atomic mass is 16.5. The predicted octanol–water partition coefficient (Wildman–Crippen LogP) is 2.52. The van der Waals surface area contributed by atoms with Gasteiger partial charge >= 0.3 is 5.97 Å². The maximum Gasteiger partial charge on any atom is 0.306 e. The van der Waals surface area contributed by atoms with Crippen molar-refractivity contribution >= 4 is 16.7 Å². The number of aliphatic carboxylic acids is 1. The second kappa shape index (κ2) is 6.24. The summed E-state index contributed by atoms with van der Waals surface area (Å²) in [6.07, 6.45) is -0.127. The van der Waals surface area contributed by atoms with Gasteiger partial charge in [0.15, 0.2) is 0 Å². The first-order valence-corrected chi connectivity index (χ1v) is 7.25. The van der Waals surface area contributed by atoms with Gasteiger partial charge in [-0.05, 0) is 16.3 Å². The Hall–Kier alpha value is -1.91. The van der Waals surface area contributed by atoms with Gasteiger partial charge in [0.2, 0.25) is 0 Å². The van der Waals surface area contributed by atoms with Crippen molar-refractivity contribution in [2.45, 2.75) is 19.1 Å². The Bertz CT molecular complexity index is 635. The molecule has 0 spiro atoms. The van der Waals surface area contributed by atoms with E-state index in [2.05, 4.69) is 41.3 Å². The number of ether oxygens (including phenoxy) is 1. The third-order valence-electron chi connectivity index (χ3n) is 3.90. The standard InChI is InChI=1S/C17H19NO3/c19-17(20)10-15-12-18(8-9-21-15)11-14-6-3-5-13-4-1-2-7-16(13)14/h1-7,15H,8-12H2,(H,19,20). The van der Waals surface area contributed by atoms with Crippen LogP contribution in [0.5, 0.6) is 0 Å². The number of fused-ring (bicyclic) bond motifs is 1. The summed E-state index contributed by atoms with van der Waals surface area (Å²) in [6, 6.07) is 14.7. The topological polar surface area (TPSA) is 49.8 Å². The third kappa shape index (κ3) is 3.40. The van der Waals surface area contributed by atoms with E-state index in [1.165, 1.54) is 16.3 Å². The minimum absolute atomic E-state index is 0.0754. The smallest absolute Gasteiger partial charge is 0.306 e. The Morgan fingerprint density at radius 3 is 2.90 bits per heavy atom. The lowest BCUT2D eigenvalue weighted by Gasteiger charge is -2.32. The van der Waals surface area contributed by atoms with Gasteiger partial charge < -0.3 is 9.84 Å². The Kier molecular flexibility index (Phi) is 4.18. The molecule has 4 nitrogen and oxygen atoms in total. The molecule has 0 aliphatic carbocycles. The summed E-state index contributed by atoms with van der Waals surface area (Å²) in [4.78, 5) is 13.1. The fraction of sp³-hybridized carbons (Fsp3) is 0.353. The first-order chi connectivity index (χ1) is 10.2. The van der Waals surface area contributed by atoms with Crippen LogP contribution in [0.2, 0.25) is 0 Å². The van der Waals surface area contributed by atoms with Gasteiger partial charge in [-0.3, -0.25) is 9.69 Å². The minimum atomic E-state index is -0.799. The number of benzene rings is 2. The molecule has 0 saturated carbocycles. The van der Waals surface area contributed by atoms with Crippen molar-refractivity contribution in [3.8, 4) is 0 Å². The van der Waals surface area contributed by atoms with E-state index in [4.69, 9.17) is 9.84 Å². The molecule has 0 amide bonds. The lowest BCUT2D eigenvalue weighted by atomic mass is 10.0. The van der Waals surface area contributed by atoms with Crippen molar-refractivity contribution in [3.63, 3.8) is 0 Å². The summed E-state index contributed by atoms with van der Waals surface area (Å²) in [6.45, 7) is 2.96. The number of morpholine rings is 1. The normalized spacial score (nSPS) is 19.7. The molecular weight excluding hydrogens is 266 g/mol. The fourth-order valence-corrected chi connectivity index (χ4v) is 2.91. The molecule has 110 valence electrons. The number of hydrogen-bond acceptors (Lipinski definition) is 3.